The van der Waals surface area contributed by atoms with Crippen molar-refractivity contribution >= 4 is 75.5 Å². The van der Waals surface area contributed by atoms with Crippen LogP contribution in [0.2, 0.25) is 15.1 Å². The number of rotatable bonds is 6. The molecule has 12 heteroatoms. The van der Waals surface area contributed by atoms with Crippen LogP contribution in [0.1, 0.15) is 17.2 Å². The lowest BCUT2D eigenvalue weighted by Crippen LogP contribution is -2.30. The Bertz CT molecular complexity index is 1600. The van der Waals surface area contributed by atoms with Crippen LogP contribution in [0.3, 0.4) is 0 Å². The van der Waals surface area contributed by atoms with Crippen molar-refractivity contribution in [1.82, 2.24) is 0 Å². The van der Waals surface area contributed by atoms with Gasteiger partial charge in [-0.25, -0.2) is 9.18 Å². The van der Waals surface area contributed by atoms with Gasteiger partial charge in [-0.2, -0.15) is 0 Å². The van der Waals surface area contributed by atoms with E-state index in [-0.39, 0.29) is 43.1 Å². The van der Waals surface area contributed by atoms with E-state index in [0.29, 0.717) is 6.08 Å². The number of aliphatic hydroxyl groups is 1. The zero-order chi connectivity index (χ0) is 28.4. The second kappa shape index (κ2) is 11.3. The Hall–Kier alpha value is -4.18. The van der Waals surface area contributed by atoms with Gasteiger partial charge in [0.2, 0.25) is 5.91 Å². The summed E-state index contributed by atoms with van der Waals surface area (Å²) < 4.78 is 15.1. The van der Waals surface area contributed by atoms with E-state index >= 15 is 4.39 Å². The first-order chi connectivity index (χ1) is 18.5. The molecule has 39 heavy (non-hydrogen) atoms. The minimum Gasteiger partial charge on any atom is -0.507 e. The third-order valence-corrected chi connectivity index (χ3v) is 6.71. The molecule has 0 radical (unpaired) electrons. The Morgan fingerprint density at radius 1 is 0.897 bits per heavy atom. The first-order valence-corrected chi connectivity index (χ1v) is 12.2. The summed E-state index contributed by atoms with van der Waals surface area (Å²) >= 11 is 18.2. The lowest BCUT2D eigenvalue weighted by atomic mass is 9.95. The molecule has 1 aliphatic rings. The Morgan fingerprint density at radius 2 is 1.62 bits per heavy atom. The fraction of sp³-hybridized carbons (Fsp3) is 0.0370. The number of anilines is 2. The van der Waals surface area contributed by atoms with E-state index in [4.69, 9.17) is 39.9 Å². The molecular formula is C27H16Cl3FN2O6. The van der Waals surface area contributed by atoms with Gasteiger partial charge in [0.1, 0.15) is 5.76 Å². The first-order valence-electron chi connectivity index (χ1n) is 11.0. The first kappa shape index (κ1) is 27.8. The maximum atomic E-state index is 15.1. The summed E-state index contributed by atoms with van der Waals surface area (Å²) in [5.74, 6) is -5.89. The van der Waals surface area contributed by atoms with Crippen LogP contribution in [0.4, 0.5) is 15.8 Å². The monoisotopic (exact) mass is 588 g/mol. The van der Waals surface area contributed by atoms with Crippen molar-refractivity contribution in [1.29, 1.82) is 0 Å². The number of benzene rings is 3. The highest BCUT2D eigenvalue weighted by Gasteiger charge is 2.48. The summed E-state index contributed by atoms with van der Waals surface area (Å²) in [6.07, 6.45) is 1.44. The van der Waals surface area contributed by atoms with Crippen molar-refractivity contribution in [3.63, 3.8) is 0 Å². The number of halogens is 4. The van der Waals surface area contributed by atoms with E-state index < -0.39 is 41.2 Å². The zero-order valence-corrected chi connectivity index (χ0v) is 21.8. The molecule has 2 amide bonds. The van der Waals surface area contributed by atoms with E-state index in [9.17, 15) is 24.3 Å². The number of hydrogen-bond donors (Lipinski definition) is 3. The van der Waals surface area contributed by atoms with Gasteiger partial charge in [-0.05, 0) is 42.0 Å². The minimum absolute atomic E-state index is 0.0321. The van der Waals surface area contributed by atoms with E-state index in [1.807, 2.05) is 0 Å². The van der Waals surface area contributed by atoms with Crippen LogP contribution in [0, 0.1) is 5.82 Å². The van der Waals surface area contributed by atoms with Crippen molar-refractivity contribution < 1.29 is 33.8 Å². The molecule has 0 bridgehead atoms. The summed E-state index contributed by atoms with van der Waals surface area (Å²) in [4.78, 5) is 50.0. The number of carboxylic acids is 1. The van der Waals surface area contributed by atoms with E-state index in [1.165, 1.54) is 60.7 Å². The molecule has 3 N–H and O–H groups in total. The summed E-state index contributed by atoms with van der Waals surface area (Å²) in [6.45, 7) is 0. The lowest BCUT2D eigenvalue weighted by Gasteiger charge is -2.26. The molecule has 198 valence electrons. The Kier molecular flexibility index (Phi) is 8.06. The van der Waals surface area contributed by atoms with E-state index in [0.717, 1.165) is 11.0 Å². The van der Waals surface area contributed by atoms with Gasteiger partial charge in [-0.3, -0.25) is 19.3 Å². The van der Waals surface area contributed by atoms with Crippen LogP contribution in [0.25, 0.3) is 5.76 Å². The van der Waals surface area contributed by atoms with Gasteiger partial charge in [0.15, 0.2) is 5.82 Å². The van der Waals surface area contributed by atoms with Crippen LogP contribution < -0.4 is 10.2 Å². The normalized spacial score (nSPS) is 16.6. The molecule has 1 atom stereocenters. The molecule has 4 rings (SSSR count). The summed E-state index contributed by atoms with van der Waals surface area (Å²) in [5, 5.41) is 22.4. The van der Waals surface area contributed by atoms with Gasteiger partial charge < -0.3 is 15.5 Å². The molecule has 3 aromatic carbocycles. The zero-order valence-electron chi connectivity index (χ0n) is 19.5. The smallest absolute Gasteiger partial charge is 0.328 e. The number of aliphatic hydroxyl groups excluding tert-OH is 1. The highest BCUT2D eigenvalue weighted by atomic mass is 35.5. The Morgan fingerprint density at radius 3 is 2.31 bits per heavy atom. The Labute approximate surface area is 235 Å². The molecule has 0 spiro atoms. The average molecular weight is 590 g/mol. The van der Waals surface area contributed by atoms with Gasteiger partial charge >= 0.3 is 5.97 Å². The fourth-order valence-electron chi connectivity index (χ4n) is 3.99. The molecule has 0 aliphatic carbocycles. The molecule has 0 aromatic heterocycles. The number of carbonyl (C=O) groups excluding carboxylic acids is 3. The van der Waals surface area contributed by atoms with Crippen molar-refractivity contribution in [3.05, 3.63) is 110 Å². The molecule has 8 nitrogen and oxygen atoms in total. The number of aliphatic carboxylic acids is 1. The number of amides is 2. The number of ketones is 1. The molecule has 1 unspecified atom stereocenters. The second-order valence-electron chi connectivity index (χ2n) is 8.16. The van der Waals surface area contributed by atoms with Crippen LogP contribution >= 0.6 is 34.8 Å². The van der Waals surface area contributed by atoms with Crippen LogP contribution in [0.15, 0.2) is 78.4 Å². The predicted octanol–water partition coefficient (Wildman–Crippen LogP) is 5.99. The SMILES string of the molecule is O=C(O)C=CC(=O)Nc1cccc(C(O)=C2C(=O)C(=O)N(c3cccc(Cl)c3F)C2c2ccc(Cl)c(Cl)c2)c1. The van der Waals surface area contributed by atoms with Gasteiger partial charge in [0.25, 0.3) is 11.7 Å². The molecule has 3 aromatic rings. The Balaban J connectivity index is 1.87. The van der Waals surface area contributed by atoms with Crippen molar-refractivity contribution in [2.45, 2.75) is 6.04 Å². The van der Waals surface area contributed by atoms with Crippen molar-refractivity contribution in [3.8, 4) is 0 Å². The maximum absolute atomic E-state index is 15.1. The molecular weight excluding hydrogens is 574 g/mol. The summed E-state index contributed by atoms with van der Waals surface area (Å²) in [6, 6.07) is 12.5. The quantitative estimate of drug-likeness (QED) is 0.184. The molecule has 0 saturated carbocycles. The van der Waals surface area contributed by atoms with Crippen LogP contribution in [-0.4, -0.2) is 33.8 Å². The summed E-state index contributed by atoms with van der Waals surface area (Å²) in [7, 11) is 0. The third-order valence-electron chi connectivity index (χ3n) is 5.68. The van der Waals surface area contributed by atoms with Gasteiger partial charge in [-0.15, -0.1) is 0 Å². The topological polar surface area (TPSA) is 124 Å². The number of nitrogens with zero attached hydrogens (tertiary/aromatic N) is 1. The second-order valence-corrected chi connectivity index (χ2v) is 9.38. The maximum Gasteiger partial charge on any atom is 0.328 e. The summed E-state index contributed by atoms with van der Waals surface area (Å²) in [5.41, 5.74) is -0.254. The predicted molar refractivity (Wildman–Crippen MR) is 145 cm³/mol. The number of nitrogens with one attached hydrogen (secondary N) is 1. The number of Topliss-reactive ketones (excluding diaryl/α,β-unsaturated/α-hetero) is 1. The third kappa shape index (κ3) is 5.65. The van der Waals surface area contributed by atoms with Crippen molar-refractivity contribution in [2.75, 3.05) is 10.2 Å². The number of carbonyl (C=O) groups is 4. The van der Waals surface area contributed by atoms with Gasteiger partial charge in [0, 0.05) is 23.4 Å². The molecule has 1 aliphatic heterocycles. The van der Waals surface area contributed by atoms with E-state index in [2.05, 4.69) is 5.32 Å². The van der Waals surface area contributed by atoms with Gasteiger partial charge in [0.05, 0.1) is 32.4 Å². The highest BCUT2D eigenvalue weighted by molar-refractivity contribution is 6.52. The average Bonchev–Trinajstić information content (AvgIpc) is 3.16. The standard InChI is InChI=1S/C27H16Cl3FN2O6/c28-16-8-7-13(12-18(16)30)24-22(26(38)27(39)33(24)19-6-2-5-17(29)23(19)31)25(37)14-3-1-4-15(11-14)32-20(34)9-10-21(35)36/h1-12,24,37H,(H,32,34)(H,35,36). The molecule has 1 saturated heterocycles. The lowest BCUT2D eigenvalue weighted by molar-refractivity contribution is -0.132. The van der Waals surface area contributed by atoms with Crippen LogP contribution in [0.5, 0.6) is 0 Å². The van der Waals surface area contributed by atoms with Crippen molar-refractivity contribution in [2.24, 2.45) is 0 Å². The number of hydrogen-bond acceptors (Lipinski definition) is 5. The molecule has 1 fully saturated rings. The van der Waals surface area contributed by atoms with Gasteiger partial charge in [-0.1, -0.05) is 59.1 Å². The minimum atomic E-state index is -1.33. The molecule has 1 heterocycles. The number of carboxylic acid groups (broad SMARTS) is 1. The largest absolute Gasteiger partial charge is 0.507 e. The highest BCUT2D eigenvalue weighted by Crippen LogP contribution is 2.44. The van der Waals surface area contributed by atoms with Crippen LogP contribution in [-0.2, 0) is 19.2 Å². The van der Waals surface area contributed by atoms with E-state index in [1.54, 1.807) is 0 Å². The fourth-order valence-corrected chi connectivity index (χ4v) is 4.46.